The average molecular weight is 481 g/mol. The Bertz CT molecular complexity index is 1320. The predicted octanol–water partition coefficient (Wildman–Crippen LogP) is 3.58. The molecular formula is C24H22ClFN6O2. The average Bonchev–Trinajstić information content (AvgIpc) is 3.42. The molecule has 0 saturated carbocycles. The topological polar surface area (TPSA) is 86.8 Å². The van der Waals surface area contributed by atoms with E-state index in [0.717, 1.165) is 36.9 Å². The Labute approximate surface area is 200 Å². The van der Waals surface area contributed by atoms with E-state index in [1.807, 2.05) is 0 Å². The van der Waals surface area contributed by atoms with Crippen LogP contribution in [0.25, 0.3) is 5.65 Å². The largest absolute Gasteiger partial charge is 0.489 e. The SMILES string of the molecule is N#CCN1[C@@H]2CC[C@H]1C[C@@H](Oc1cc(F)ccc1C(=O)N1Cc3nn4cc(Cl)cnc4c3C1)C2. The molecule has 1 aromatic carbocycles. The Morgan fingerprint density at radius 2 is 2.06 bits per heavy atom. The van der Waals surface area contributed by atoms with Gasteiger partial charge < -0.3 is 9.64 Å². The molecule has 0 spiro atoms. The molecule has 8 nitrogen and oxygen atoms in total. The second-order valence-electron chi connectivity index (χ2n) is 9.19. The Balaban J connectivity index is 1.22. The number of amides is 1. The minimum Gasteiger partial charge on any atom is -0.489 e. The predicted molar refractivity (Wildman–Crippen MR) is 121 cm³/mol. The van der Waals surface area contributed by atoms with Crippen molar-refractivity contribution in [3.8, 4) is 11.8 Å². The van der Waals surface area contributed by atoms with E-state index in [4.69, 9.17) is 21.6 Å². The summed E-state index contributed by atoms with van der Waals surface area (Å²) in [6.45, 7) is 1.12. The summed E-state index contributed by atoms with van der Waals surface area (Å²) in [5.74, 6) is -0.406. The monoisotopic (exact) mass is 480 g/mol. The van der Waals surface area contributed by atoms with Crippen molar-refractivity contribution >= 4 is 23.2 Å². The number of piperidine rings is 1. The first-order chi connectivity index (χ1) is 16.5. The van der Waals surface area contributed by atoms with E-state index in [0.29, 0.717) is 48.0 Å². The van der Waals surface area contributed by atoms with E-state index < -0.39 is 5.82 Å². The molecule has 0 unspecified atom stereocenters. The third kappa shape index (κ3) is 3.58. The standard InChI is InChI=1S/C24H22ClFN6O2/c25-14-10-28-23-20-12-30(13-21(20)29-32(23)11-14)24(33)19-4-1-15(26)7-22(19)34-18-8-16-2-3-17(9-18)31(16)6-5-27/h1,4,7,10-11,16-18H,2-3,6,8-9,12-13H2/t16-,17+,18+. The number of nitrogens with zero attached hydrogens (tertiary/aromatic N) is 6. The number of hydrogen-bond donors (Lipinski definition) is 0. The van der Waals surface area contributed by atoms with E-state index in [9.17, 15) is 9.18 Å². The first kappa shape index (κ1) is 21.3. The van der Waals surface area contributed by atoms with Crippen LogP contribution in [-0.2, 0) is 13.1 Å². The van der Waals surface area contributed by atoms with Gasteiger partial charge >= 0.3 is 0 Å². The van der Waals surface area contributed by atoms with Gasteiger partial charge in [-0.3, -0.25) is 9.69 Å². The zero-order chi connectivity index (χ0) is 23.4. The van der Waals surface area contributed by atoms with Crippen LogP contribution in [0.4, 0.5) is 4.39 Å². The molecular weight excluding hydrogens is 459 g/mol. The second kappa shape index (κ2) is 8.22. The molecule has 3 aliphatic rings. The van der Waals surface area contributed by atoms with E-state index in [1.54, 1.807) is 21.8 Å². The smallest absolute Gasteiger partial charge is 0.258 e. The highest BCUT2D eigenvalue weighted by Gasteiger charge is 2.41. The number of ether oxygens (including phenoxy) is 1. The molecule has 10 heteroatoms. The van der Waals surface area contributed by atoms with Crippen LogP contribution in [-0.4, -0.2) is 55.0 Å². The Kier molecular flexibility index (Phi) is 5.15. The van der Waals surface area contributed by atoms with Gasteiger partial charge in [0.05, 0.1) is 48.2 Å². The fourth-order valence-corrected chi connectivity index (χ4v) is 5.79. The zero-order valence-corrected chi connectivity index (χ0v) is 19.1. The number of fused-ring (bicyclic) bond motifs is 5. The summed E-state index contributed by atoms with van der Waals surface area (Å²) in [6, 6.07) is 6.92. The van der Waals surface area contributed by atoms with Crippen LogP contribution in [0.1, 0.15) is 47.3 Å². The third-order valence-corrected chi connectivity index (χ3v) is 7.35. The Morgan fingerprint density at radius 3 is 2.82 bits per heavy atom. The molecule has 6 rings (SSSR count). The molecule has 3 aliphatic heterocycles. The van der Waals surface area contributed by atoms with Crippen LogP contribution in [0, 0.1) is 17.1 Å². The molecule has 2 saturated heterocycles. The zero-order valence-electron chi connectivity index (χ0n) is 18.3. The fourth-order valence-electron chi connectivity index (χ4n) is 5.65. The van der Waals surface area contributed by atoms with Crippen LogP contribution in [0.2, 0.25) is 5.02 Å². The molecule has 3 aromatic rings. The second-order valence-corrected chi connectivity index (χ2v) is 9.63. The summed E-state index contributed by atoms with van der Waals surface area (Å²) in [5, 5.41) is 14.1. The van der Waals surface area contributed by atoms with Crippen LogP contribution < -0.4 is 4.74 Å². The molecule has 2 aromatic heterocycles. The third-order valence-electron chi connectivity index (χ3n) is 7.16. The Morgan fingerprint density at radius 1 is 1.26 bits per heavy atom. The van der Waals surface area contributed by atoms with Gasteiger partial charge in [0.2, 0.25) is 0 Å². The van der Waals surface area contributed by atoms with Gasteiger partial charge in [-0.15, -0.1) is 0 Å². The van der Waals surface area contributed by atoms with Crippen LogP contribution >= 0.6 is 11.6 Å². The van der Waals surface area contributed by atoms with Crippen molar-refractivity contribution in [2.24, 2.45) is 0 Å². The highest BCUT2D eigenvalue weighted by molar-refractivity contribution is 6.30. The van der Waals surface area contributed by atoms with Crippen molar-refractivity contribution in [1.29, 1.82) is 5.26 Å². The van der Waals surface area contributed by atoms with Crippen LogP contribution in [0.5, 0.6) is 5.75 Å². The number of nitriles is 1. The van der Waals surface area contributed by atoms with Gasteiger partial charge in [0.1, 0.15) is 17.7 Å². The summed E-state index contributed by atoms with van der Waals surface area (Å²) in [4.78, 5) is 21.7. The minimum absolute atomic E-state index is 0.116. The summed E-state index contributed by atoms with van der Waals surface area (Å²) in [7, 11) is 0. The molecule has 0 radical (unpaired) electrons. The molecule has 5 heterocycles. The molecule has 0 N–H and O–H groups in total. The maximum Gasteiger partial charge on any atom is 0.258 e. The number of benzene rings is 1. The number of aromatic nitrogens is 3. The van der Waals surface area contributed by atoms with Crippen molar-refractivity contribution in [2.75, 3.05) is 6.54 Å². The molecule has 3 atom stereocenters. The number of halogens is 2. The van der Waals surface area contributed by atoms with E-state index in [2.05, 4.69) is 21.1 Å². The lowest BCUT2D eigenvalue weighted by Crippen LogP contribution is -2.46. The van der Waals surface area contributed by atoms with Crippen molar-refractivity contribution in [3.63, 3.8) is 0 Å². The lowest BCUT2D eigenvalue weighted by Gasteiger charge is -2.37. The van der Waals surface area contributed by atoms with Crippen molar-refractivity contribution in [3.05, 3.63) is 58.3 Å². The van der Waals surface area contributed by atoms with Crippen molar-refractivity contribution in [1.82, 2.24) is 24.4 Å². The lowest BCUT2D eigenvalue weighted by molar-refractivity contribution is 0.0555. The Hall–Kier alpha value is -3.22. The normalized spacial score (nSPS) is 23.8. The van der Waals surface area contributed by atoms with Crippen molar-refractivity contribution < 1.29 is 13.9 Å². The molecule has 2 fully saturated rings. The van der Waals surface area contributed by atoms with Crippen LogP contribution in [0.3, 0.4) is 0 Å². The van der Waals surface area contributed by atoms with E-state index in [1.165, 1.54) is 18.2 Å². The van der Waals surface area contributed by atoms with E-state index >= 15 is 0 Å². The summed E-state index contributed by atoms with van der Waals surface area (Å²) in [6.07, 6.45) is 6.74. The molecule has 34 heavy (non-hydrogen) atoms. The van der Waals surface area contributed by atoms with Gasteiger partial charge in [0.15, 0.2) is 5.65 Å². The maximum atomic E-state index is 14.2. The highest BCUT2D eigenvalue weighted by atomic mass is 35.5. The molecule has 174 valence electrons. The van der Waals surface area contributed by atoms with Gasteiger partial charge in [-0.1, -0.05) is 11.6 Å². The number of carbonyl (C=O) groups is 1. The quantitative estimate of drug-likeness (QED) is 0.530. The van der Waals surface area contributed by atoms with Gasteiger partial charge in [-0.25, -0.2) is 13.9 Å². The van der Waals surface area contributed by atoms with Gasteiger partial charge in [-0.05, 0) is 37.8 Å². The summed E-state index contributed by atoms with van der Waals surface area (Å²) < 4.78 is 22.0. The molecule has 1 amide bonds. The fraction of sp³-hybridized carbons (Fsp3) is 0.417. The van der Waals surface area contributed by atoms with Crippen molar-refractivity contribution in [2.45, 2.75) is 57.0 Å². The minimum atomic E-state index is -0.445. The molecule has 2 bridgehead atoms. The maximum absolute atomic E-state index is 14.2. The van der Waals surface area contributed by atoms with Crippen LogP contribution in [0.15, 0.2) is 30.6 Å². The van der Waals surface area contributed by atoms with Gasteiger partial charge in [-0.2, -0.15) is 10.4 Å². The molecule has 0 aliphatic carbocycles. The number of hydrogen-bond acceptors (Lipinski definition) is 6. The first-order valence-electron chi connectivity index (χ1n) is 11.4. The van der Waals surface area contributed by atoms with Gasteiger partial charge in [0.25, 0.3) is 5.91 Å². The van der Waals surface area contributed by atoms with Gasteiger partial charge in [0, 0.05) is 29.9 Å². The summed E-state index contributed by atoms with van der Waals surface area (Å²) >= 11 is 6.01. The first-order valence-corrected chi connectivity index (χ1v) is 11.8. The summed E-state index contributed by atoms with van der Waals surface area (Å²) in [5.41, 5.74) is 2.67. The number of rotatable bonds is 4. The number of carbonyl (C=O) groups excluding carboxylic acids is 1. The highest BCUT2D eigenvalue weighted by Crippen LogP contribution is 2.38. The lowest BCUT2D eigenvalue weighted by atomic mass is 9.99. The van der Waals surface area contributed by atoms with E-state index in [-0.39, 0.29) is 17.8 Å².